The van der Waals surface area contributed by atoms with E-state index < -0.39 is 0 Å². The number of amides is 1. The lowest BCUT2D eigenvalue weighted by atomic mass is 10.1. The molecule has 0 aliphatic rings. The first-order valence-corrected chi connectivity index (χ1v) is 8.47. The van der Waals surface area contributed by atoms with E-state index in [-0.39, 0.29) is 23.6 Å². The summed E-state index contributed by atoms with van der Waals surface area (Å²) in [5, 5.41) is 12.2. The van der Waals surface area contributed by atoms with Crippen molar-refractivity contribution < 1.29 is 4.79 Å². The summed E-state index contributed by atoms with van der Waals surface area (Å²) in [4.78, 5) is 24.9. The Hall–Kier alpha value is -2.02. The summed E-state index contributed by atoms with van der Waals surface area (Å²) in [5.74, 6) is 0.139. The molecule has 0 radical (unpaired) electrons. The first-order valence-electron chi connectivity index (χ1n) is 7.65. The minimum atomic E-state index is -0.362. The van der Waals surface area contributed by atoms with Crippen LogP contribution in [0.1, 0.15) is 46.2 Å². The maximum Gasteiger partial charge on any atom is 0.263 e. The number of carbonyl (C=O) groups is 1. The van der Waals surface area contributed by atoms with Gasteiger partial charge in [0.25, 0.3) is 11.5 Å². The zero-order valence-electron chi connectivity index (χ0n) is 13.9. The molecule has 0 fully saturated rings. The summed E-state index contributed by atoms with van der Waals surface area (Å²) in [6.07, 6.45) is 2.65. The van der Waals surface area contributed by atoms with Crippen molar-refractivity contribution in [2.24, 2.45) is 5.92 Å². The highest BCUT2D eigenvalue weighted by molar-refractivity contribution is 7.11. The zero-order valence-corrected chi connectivity index (χ0v) is 14.7. The van der Waals surface area contributed by atoms with E-state index in [0.717, 1.165) is 16.4 Å². The number of rotatable bonds is 6. The minimum Gasteiger partial charge on any atom is -0.345 e. The molecule has 0 bridgehead atoms. The van der Waals surface area contributed by atoms with E-state index in [2.05, 4.69) is 29.4 Å². The van der Waals surface area contributed by atoms with Crippen LogP contribution >= 0.6 is 11.3 Å². The molecule has 0 aromatic carbocycles. The largest absolute Gasteiger partial charge is 0.345 e. The van der Waals surface area contributed by atoms with Gasteiger partial charge in [-0.1, -0.05) is 25.2 Å². The third-order valence-electron chi connectivity index (χ3n) is 3.52. The highest BCUT2D eigenvalue weighted by Crippen LogP contribution is 2.09. The molecule has 2 heterocycles. The average molecular weight is 334 g/mol. The Kier molecular flexibility index (Phi) is 5.65. The number of aromatic nitrogens is 3. The van der Waals surface area contributed by atoms with Crippen molar-refractivity contribution in [3.05, 3.63) is 43.8 Å². The van der Waals surface area contributed by atoms with Crippen LogP contribution in [0.2, 0.25) is 0 Å². The van der Waals surface area contributed by atoms with Gasteiger partial charge in [-0.3, -0.25) is 9.59 Å². The third kappa shape index (κ3) is 4.48. The maximum atomic E-state index is 12.5. The van der Waals surface area contributed by atoms with Crippen LogP contribution in [0.4, 0.5) is 0 Å². The fourth-order valence-corrected chi connectivity index (χ4v) is 2.82. The number of nitrogens with one attached hydrogen (secondary N) is 1. The van der Waals surface area contributed by atoms with Gasteiger partial charge in [-0.25, -0.2) is 0 Å². The highest BCUT2D eigenvalue weighted by atomic mass is 32.1. The molecule has 23 heavy (non-hydrogen) atoms. The molecule has 1 N–H and O–H groups in total. The topological polar surface area (TPSA) is 76.9 Å². The number of pyridine rings is 1. The van der Waals surface area contributed by atoms with Crippen LogP contribution in [-0.4, -0.2) is 20.7 Å². The maximum absolute atomic E-state index is 12.5. The van der Waals surface area contributed by atoms with Crippen molar-refractivity contribution in [3.63, 3.8) is 0 Å². The molecule has 0 saturated carbocycles. The van der Waals surface area contributed by atoms with E-state index in [4.69, 9.17) is 0 Å². The molecule has 6 nitrogen and oxygen atoms in total. The monoisotopic (exact) mass is 334 g/mol. The van der Waals surface area contributed by atoms with Crippen molar-refractivity contribution in [3.8, 4) is 0 Å². The van der Waals surface area contributed by atoms with Gasteiger partial charge in [0, 0.05) is 12.7 Å². The minimum absolute atomic E-state index is 0.206. The average Bonchev–Trinajstić information content (AvgIpc) is 2.90. The molecule has 0 unspecified atom stereocenters. The lowest BCUT2D eigenvalue weighted by Crippen LogP contribution is -2.34. The smallest absolute Gasteiger partial charge is 0.263 e. The third-order valence-corrected chi connectivity index (χ3v) is 4.35. The molecule has 0 aliphatic heterocycles. The molecule has 0 aliphatic carbocycles. The SMILES string of the molecule is Cc1nnc(CNC(=O)c2c(C)ccn(CCC(C)C)c2=O)s1. The van der Waals surface area contributed by atoms with Gasteiger partial charge in [0.05, 0.1) is 6.54 Å². The summed E-state index contributed by atoms with van der Waals surface area (Å²) in [5.41, 5.74) is 0.649. The van der Waals surface area contributed by atoms with Crippen molar-refractivity contribution in [1.82, 2.24) is 20.1 Å². The molecule has 7 heteroatoms. The van der Waals surface area contributed by atoms with Crippen LogP contribution < -0.4 is 10.9 Å². The Morgan fingerprint density at radius 3 is 2.70 bits per heavy atom. The van der Waals surface area contributed by atoms with Crippen LogP contribution in [0.25, 0.3) is 0 Å². The molecular weight excluding hydrogens is 312 g/mol. The Labute approximate surface area is 139 Å². The van der Waals surface area contributed by atoms with E-state index in [1.165, 1.54) is 11.3 Å². The Morgan fingerprint density at radius 2 is 2.09 bits per heavy atom. The fourth-order valence-electron chi connectivity index (χ4n) is 2.17. The normalized spacial score (nSPS) is 11.0. The summed E-state index contributed by atoms with van der Waals surface area (Å²) in [6.45, 7) is 8.75. The quantitative estimate of drug-likeness (QED) is 0.879. The Morgan fingerprint density at radius 1 is 1.35 bits per heavy atom. The van der Waals surface area contributed by atoms with E-state index in [0.29, 0.717) is 18.0 Å². The number of carbonyl (C=O) groups excluding carboxylic acids is 1. The lowest BCUT2D eigenvalue weighted by molar-refractivity contribution is 0.0948. The van der Waals surface area contributed by atoms with E-state index in [1.54, 1.807) is 17.7 Å². The van der Waals surface area contributed by atoms with E-state index >= 15 is 0 Å². The van der Waals surface area contributed by atoms with Gasteiger partial charge in [0.1, 0.15) is 15.6 Å². The molecular formula is C16H22N4O2S. The molecule has 0 spiro atoms. The fraction of sp³-hybridized carbons (Fsp3) is 0.500. The van der Waals surface area contributed by atoms with Gasteiger partial charge in [-0.15, -0.1) is 10.2 Å². The number of nitrogens with zero attached hydrogens (tertiary/aromatic N) is 3. The van der Waals surface area contributed by atoms with Crippen molar-refractivity contribution >= 4 is 17.2 Å². The van der Waals surface area contributed by atoms with Gasteiger partial charge in [-0.2, -0.15) is 0 Å². The lowest BCUT2D eigenvalue weighted by Gasteiger charge is -2.11. The Bertz CT molecular complexity index is 749. The number of aryl methyl sites for hydroxylation is 3. The molecule has 2 aromatic rings. The molecule has 0 atom stereocenters. The van der Waals surface area contributed by atoms with E-state index in [9.17, 15) is 9.59 Å². The highest BCUT2D eigenvalue weighted by Gasteiger charge is 2.16. The number of hydrogen-bond donors (Lipinski definition) is 1. The molecule has 0 saturated heterocycles. The summed E-state index contributed by atoms with van der Waals surface area (Å²) >= 11 is 1.43. The molecule has 124 valence electrons. The summed E-state index contributed by atoms with van der Waals surface area (Å²) in [7, 11) is 0. The second-order valence-electron chi connectivity index (χ2n) is 5.95. The van der Waals surface area contributed by atoms with Crippen molar-refractivity contribution in [2.75, 3.05) is 0 Å². The van der Waals surface area contributed by atoms with E-state index in [1.807, 2.05) is 13.0 Å². The van der Waals surface area contributed by atoms with Gasteiger partial charge in [0.15, 0.2) is 0 Å². The van der Waals surface area contributed by atoms with Gasteiger partial charge < -0.3 is 9.88 Å². The summed E-state index contributed by atoms with van der Waals surface area (Å²) < 4.78 is 1.61. The van der Waals surface area contributed by atoms with Crippen molar-refractivity contribution in [2.45, 2.75) is 47.2 Å². The van der Waals surface area contributed by atoms with Crippen LogP contribution in [0.15, 0.2) is 17.1 Å². The van der Waals surface area contributed by atoms with Gasteiger partial charge in [-0.05, 0) is 37.8 Å². The van der Waals surface area contributed by atoms with Crippen LogP contribution in [0, 0.1) is 19.8 Å². The number of hydrogen-bond acceptors (Lipinski definition) is 5. The second kappa shape index (κ2) is 7.50. The van der Waals surface area contributed by atoms with Crippen LogP contribution in [-0.2, 0) is 13.1 Å². The zero-order chi connectivity index (χ0) is 17.0. The first-order chi connectivity index (χ1) is 10.9. The summed E-state index contributed by atoms with van der Waals surface area (Å²) in [6, 6.07) is 1.81. The predicted molar refractivity (Wildman–Crippen MR) is 90.7 cm³/mol. The molecule has 2 aromatic heterocycles. The van der Waals surface area contributed by atoms with Crippen LogP contribution in [0.5, 0.6) is 0 Å². The van der Waals surface area contributed by atoms with Gasteiger partial charge >= 0.3 is 0 Å². The van der Waals surface area contributed by atoms with Crippen molar-refractivity contribution in [1.29, 1.82) is 0 Å². The second-order valence-corrected chi connectivity index (χ2v) is 7.22. The first kappa shape index (κ1) is 17.3. The van der Waals surface area contributed by atoms with Crippen LogP contribution in [0.3, 0.4) is 0 Å². The predicted octanol–water partition coefficient (Wildman–Crippen LogP) is 2.29. The molecule has 2 rings (SSSR count). The molecule has 1 amide bonds. The van der Waals surface area contributed by atoms with Gasteiger partial charge in [0.2, 0.25) is 0 Å². The standard InChI is InChI=1S/C16H22N4O2S/c1-10(2)5-7-20-8-6-11(3)14(16(20)22)15(21)17-9-13-19-18-12(4)23-13/h6,8,10H,5,7,9H2,1-4H3,(H,17,21). The Balaban J connectivity index is 2.15.